The molecule has 0 unspecified atom stereocenters. The first-order valence-electron chi connectivity index (χ1n) is 5.72. The third kappa shape index (κ3) is 2.38. The molecule has 2 rings (SSSR count). The van der Waals surface area contributed by atoms with Gasteiger partial charge in [0.2, 0.25) is 6.29 Å². The molecule has 0 heterocycles. The van der Waals surface area contributed by atoms with Crippen molar-refractivity contribution in [1.82, 2.24) is 0 Å². The summed E-state index contributed by atoms with van der Waals surface area (Å²) >= 11 is 0. The lowest BCUT2D eigenvalue weighted by atomic mass is 9.97. The molecule has 0 atom stereocenters. The Hall–Kier alpha value is -2.22. The van der Waals surface area contributed by atoms with E-state index in [4.69, 9.17) is 0 Å². The first-order chi connectivity index (χ1) is 8.61. The molecule has 89 valence electrons. The number of benzene rings is 2. The molecule has 0 fully saturated rings. The second-order valence-electron chi connectivity index (χ2n) is 4.35. The van der Waals surface area contributed by atoms with Gasteiger partial charge in [0.15, 0.2) is 5.78 Å². The molecule has 0 aliphatic rings. The van der Waals surface area contributed by atoms with Crippen LogP contribution in [-0.4, -0.2) is 12.1 Å². The van der Waals surface area contributed by atoms with E-state index >= 15 is 0 Å². The van der Waals surface area contributed by atoms with Crippen LogP contribution < -0.4 is 0 Å². The Labute approximate surface area is 106 Å². The number of hydrogen-bond acceptors (Lipinski definition) is 2. The van der Waals surface area contributed by atoms with Gasteiger partial charge < -0.3 is 0 Å². The number of rotatable bonds is 3. The van der Waals surface area contributed by atoms with Crippen molar-refractivity contribution in [1.29, 1.82) is 0 Å². The van der Waals surface area contributed by atoms with Gasteiger partial charge in [-0.25, -0.2) is 0 Å². The maximum absolute atomic E-state index is 12.3. The second-order valence-corrected chi connectivity index (χ2v) is 4.35. The summed E-state index contributed by atoms with van der Waals surface area (Å²) in [6.07, 6.45) is 1.81. The molecular formula is C16H13O2. The fourth-order valence-electron chi connectivity index (χ4n) is 1.80. The molecular weight excluding hydrogens is 224 g/mol. The van der Waals surface area contributed by atoms with Gasteiger partial charge in [0, 0.05) is 16.7 Å². The zero-order chi connectivity index (χ0) is 13.1. The molecule has 0 aliphatic carbocycles. The van der Waals surface area contributed by atoms with Crippen molar-refractivity contribution >= 4 is 12.1 Å². The summed E-state index contributed by atoms with van der Waals surface area (Å²) in [6.45, 7) is 3.85. The number of aryl methyl sites for hydroxylation is 2. The van der Waals surface area contributed by atoms with E-state index in [9.17, 15) is 9.59 Å². The van der Waals surface area contributed by atoms with Gasteiger partial charge in [-0.2, -0.15) is 0 Å². The summed E-state index contributed by atoms with van der Waals surface area (Å²) in [6, 6.07) is 12.5. The Morgan fingerprint density at radius 3 is 2.17 bits per heavy atom. The molecule has 0 spiro atoms. The number of carbonyl (C=O) groups is 1. The Morgan fingerprint density at radius 2 is 1.56 bits per heavy atom. The molecule has 0 N–H and O–H groups in total. The third-order valence-electron chi connectivity index (χ3n) is 2.84. The quantitative estimate of drug-likeness (QED) is 0.769. The van der Waals surface area contributed by atoms with Gasteiger partial charge in [0.25, 0.3) is 0 Å². The maximum atomic E-state index is 12.3. The maximum Gasteiger partial charge on any atom is 0.234 e. The van der Waals surface area contributed by atoms with Crippen molar-refractivity contribution in [2.24, 2.45) is 0 Å². The van der Waals surface area contributed by atoms with Crippen LogP contribution in [0.5, 0.6) is 0 Å². The zero-order valence-electron chi connectivity index (χ0n) is 10.4. The Bertz CT molecular complexity index is 595. The van der Waals surface area contributed by atoms with Gasteiger partial charge in [0.1, 0.15) is 0 Å². The lowest BCUT2D eigenvalue weighted by Crippen LogP contribution is -2.05. The molecule has 0 bridgehead atoms. The standard InChI is InChI=1S/C16H13O2/c1-11-3-6-13(7-4-11)16(18)15-9-12(2)5-8-14(15)10-17/h3-9H,1-2H3. The van der Waals surface area contributed by atoms with E-state index in [0.29, 0.717) is 16.7 Å². The number of carbonyl (C=O) groups excluding carboxylic acids is 2. The van der Waals surface area contributed by atoms with E-state index in [1.807, 2.05) is 32.3 Å². The number of ketones is 1. The number of hydrogen-bond donors (Lipinski definition) is 0. The molecule has 2 nitrogen and oxygen atoms in total. The van der Waals surface area contributed by atoms with Gasteiger partial charge in [-0.15, -0.1) is 0 Å². The molecule has 1 radical (unpaired) electrons. The van der Waals surface area contributed by atoms with Crippen molar-refractivity contribution in [3.05, 3.63) is 70.3 Å². The van der Waals surface area contributed by atoms with Crippen LogP contribution in [-0.2, 0) is 4.79 Å². The van der Waals surface area contributed by atoms with E-state index in [0.717, 1.165) is 11.1 Å². The molecule has 2 aromatic rings. The van der Waals surface area contributed by atoms with Gasteiger partial charge in [0.05, 0.1) is 0 Å². The van der Waals surface area contributed by atoms with Crippen LogP contribution in [0.3, 0.4) is 0 Å². The average Bonchev–Trinajstić information content (AvgIpc) is 2.39. The van der Waals surface area contributed by atoms with Crippen LogP contribution in [0.2, 0.25) is 0 Å². The van der Waals surface area contributed by atoms with Crippen LogP contribution in [0, 0.1) is 13.8 Å². The topological polar surface area (TPSA) is 34.1 Å². The minimum absolute atomic E-state index is 0.142. The molecule has 2 heteroatoms. The van der Waals surface area contributed by atoms with Gasteiger partial charge in [-0.3, -0.25) is 9.59 Å². The van der Waals surface area contributed by atoms with Crippen LogP contribution in [0.4, 0.5) is 0 Å². The summed E-state index contributed by atoms with van der Waals surface area (Å²) in [5.74, 6) is -0.142. The largest absolute Gasteiger partial charge is 0.289 e. The highest BCUT2D eigenvalue weighted by Crippen LogP contribution is 2.16. The zero-order valence-corrected chi connectivity index (χ0v) is 10.4. The highest BCUT2D eigenvalue weighted by atomic mass is 16.1. The van der Waals surface area contributed by atoms with Crippen molar-refractivity contribution < 1.29 is 9.59 Å². The van der Waals surface area contributed by atoms with E-state index in [1.54, 1.807) is 30.3 Å². The van der Waals surface area contributed by atoms with Crippen molar-refractivity contribution in [3.63, 3.8) is 0 Å². The summed E-state index contributed by atoms with van der Waals surface area (Å²) in [4.78, 5) is 23.2. The summed E-state index contributed by atoms with van der Waals surface area (Å²) in [5.41, 5.74) is 3.35. The predicted molar refractivity (Wildman–Crippen MR) is 70.6 cm³/mol. The minimum Gasteiger partial charge on any atom is -0.289 e. The molecule has 0 saturated heterocycles. The van der Waals surface area contributed by atoms with Crippen LogP contribution in [0.15, 0.2) is 42.5 Å². The highest BCUT2D eigenvalue weighted by molar-refractivity contribution is 6.12. The smallest absolute Gasteiger partial charge is 0.234 e. The minimum atomic E-state index is -0.142. The normalized spacial score (nSPS) is 10.1. The van der Waals surface area contributed by atoms with E-state index in [1.165, 1.54) is 0 Å². The van der Waals surface area contributed by atoms with Gasteiger partial charge in [-0.05, 0) is 26.0 Å². The summed E-state index contributed by atoms with van der Waals surface area (Å²) in [5, 5.41) is 0. The van der Waals surface area contributed by atoms with Crippen molar-refractivity contribution in [2.45, 2.75) is 13.8 Å². The Kier molecular flexibility index (Phi) is 3.38. The van der Waals surface area contributed by atoms with Crippen molar-refractivity contribution in [2.75, 3.05) is 0 Å². The highest BCUT2D eigenvalue weighted by Gasteiger charge is 2.13. The van der Waals surface area contributed by atoms with E-state index in [2.05, 4.69) is 0 Å². The molecule has 0 aromatic heterocycles. The van der Waals surface area contributed by atoms with Gasteiger partial charge >= 0.3 is 0 Å². The average molecular weight is 237 g/mol. The molecule has 2 aromatic carbocycles. The molecule has 18 heavy (non-hydrogen) atoms. The lowest BCUT2D eigenvalue weighted by Gasteiger charge is -2.05. The predicted octanol–water partition coefficient (Wildman–Crippen LogP) is 2.99. The van der Waals surface area contributed by atoms with E-state index in [-0.39, 0.29) is 5.78 Å². The van der Waals surface area contributed by atoms with Crippen LogP contribution >= 0.6 is 0 Å². The first kappa shape index (κ1) is 12.2. The molecule has 0 aliphatic heterocycles. The first-order valence-corrected chi connectivity index (χ1v) is 5.72. The fourth-order valence-corrected chi connectivity index (χ4v) is 1.80. The van der Waals surface area contributed by atoms with Gasteiger partial charge in [-0.1, -0.05) is 41.5 Å². The van der Waals surface area contributed by atoms with Crippen molar-refractivity contribution in [3.8, 4) is 0 Å². The Morgan fingerprint density at radius 1 is 0.944 bits per heavy atom. The summed E-state index contributed by atoms with van der Waals surface area (Å²) in [7, 11) is 0. The fraction of sp³-hybridized carbons (Fsp3) is 0.125. The molecule has 0 amide bonds. The monoisotopic (exact) mass is 237 g/mol. The lowest BCUT2D eigenvalue weighted by molar-refractivity contribution is 0.103. The summed E-state index contributed by atoms with van der Waals surface area (Å²) < 4.78 is 0. The second kappa shape index (κ2) is 4.96. The Balaban J connectivity index is 2.48. The van der Waals surface area contributed by atoms with E-state index < -0.39 is 0 Å². The molecule has 0 saturated carbocycles. The third-order valence-corrected chi connectivity index (χ3v) is 2.84. The van der Waals surface area contributed by atoms with Crippen LogP contribution in [0.25, 0.3) is 0 Å². The van der Waals surface area contributed by atoms with Crippen LogP contribution in [0.1, 0.15) is 32.6 Å². The SMILES string of the molecule is Cc1ccc(C(=O)c2cc(C)ccc2[C]=O)cc1.